The predicted octanol–water partition coefficient (Wildman–Crippen LogP) is 4.56. The first-order valence-corrected chi connectivity index (χ1v) is 12.4. The third kappa shape index (κ3) is 5.03. The molecule has 7 heteroatoms. The van der Waals surface area contributed by atoms with Crippen molar-refractivity contribution in [3.8, 4) is 5.75 Å². The standard InChI is InChI=1S/C26H28N2O4S/c1-20-10-16-24(17-11-20)33(30,31)27(2)22-12-14-23(15-13-22)32-19-26(29)28-18-6-9-25(28)21-7-4-3-5-8-21/h3-5,7-8,10-17,25H,6,9,18-19H2,1-2H3. The van der Waals surface area contributed by atoms with E-state index in [0.29, 0.717) is 11.4 Å². The minimum Gasteiger partial charge on any atom is -0.484 e. The molecule has 33 heavy (non-hydrogen) atoms. The van der Waals surface area contributed by atoms with Crippen molar-refractivity contribution in [1.82, 2.24) is 4.90 Å². The normalized spacial score (nSPS) is 15.9. The highest BCUT2D eigenvalue weighted by atomic mass is 32.2. The van der Waals surface area contributed by atoms with Crippen LogP contribution in [0.25, 0.3) is 0 Å². The van der Waals surface area contributed by atoms with E-state index in [1.165, 1.54) is 11.4 Å². The summed E-state index contributed by atoms with van der Waals surface area (Å²) in [6.07, 6.45) is 1.92. The summed E-state index contributed by atoms with van der Waals surface area (Å²) in [6, 6.07) is 23.6. The van der Waals surface area contributed by atoms with Crippen molar-refractivity contribution in [2.45, 2.75) is 30.7 Å². The Hall–Kier alpha value is -3.32. The van der Waals surface area contributed by atoms with Gasteiger partial charge in [-0.05, 0) is 61.7 Å². The number of rotatable bonds is 7. The number of benzene rings is 3. The Balaban J connectivity index is 1.38. The minimum absolute atomic E-state index is 0.0514. The second-order valence-electron chi connectivity index (χ2n) is 8.22. The fourth-order valence-corrected chi connectivity index (χ4v) is 5.27. The third-order valence-electron chi connectivity index (χ3n) is 6.00. The Kier molecular flexibility index (Phi) is 6.70. The van der Waals surface area contributed by atoms with Crippen LogP contribution in [0.2, 0.25) is 0 Å². The second-order valence-corrected chi connectivity index (χ2v) is 10.2. The van der Waals surface area contributed by atoms with Gasteiger partial charge in [-0.2, -0.15) is 0 Å². The van der Waals surface area contributed by atoms with Crippen LogP contribution in [0.1, 0.15) is 30.0 Å². The number of hydrogen-bond acceptors (Lipinski definition) is 4. The van der Waals surface area contributed by atoms with E-state index in [-0.39, 0.29) is 23.5 Å². The van der Waals surface area contributed by atoms with Gasteiger partial charge in [0.15, 0.2) is 6.61 Å². The number of carbonyl (C=O) groups is 1. The summed E-state index contributed by atoms with van der Waals surface area (Å²) in [5.41, 5.74) is 2.65. The average Bonchev–Trinajstić information content (AvgIpc) is 3.33. The molecule has 1 unspecified atom stereocenters. The molecule has 0 bridgehead atoms. The lowest BCUT2D eigenvalue weighted by Gasteiger charge is -2.25. The fourth-order valence-electron chi connectivity index (χ4n) is 4.07. The molecule has 3 aromatic carbocycles. The van der Waals surface area contributed by atoms with Crippen molar-refractivity contribution in [1.29, 1.82) is 0 Å². The summed E-state index contributed by atoms with van der Waals surface area (Å²) < 4.78 is 32.7. The quantitative estimate of drug-likeness (QED) is 0.514. The summed E-state index contributed by atoms with van der Waals surface area (Å²) in [6.45, 7) is 2.58. The van der Waals surface area contributed by atoms with Crippen LogP contribution in [0.4, 0.5) is 5.69 Å². The van der Waals surface area contributed by atoms with Gasteiger partial charge in [-0.15, -0.1) is 0 Å². The van der Waals surface area contributed by atoms with Crippen LogP contribution in [-0.4, -0.2) is 39.4 Å². The number of nitrogens with zero attached hydrogens (tertiary/aromatic N) is 2. The zero-order valence-electron chi connectivity index (χ0n) is 18.8. The molecule has 3 aromatic rings. The molecule has 0 radical (unpaired) electrons. The van der Waals surface area contributed by atoms with Crippen molar-refractivity contribution in [3.63, 3.8) is 0 Å². The maximum Gasteiger partial charge on any atom is 0.264 e. The molecule has 1 fully saturated rings. The average molecular weight is 465 g/mol. The van der Waals surface area contributed by atoms with Crippen LogP contribution in [0, 0.1) is 6.92 Å². The predicted molar refractivity (Wildman–Crippen MR) is 129 cm³/mol. The molecule has 0 N–H and O–H groups in total. The Bertz CT molecular complexity index is 1190. The van der Waals surface area contributed by atoms with Crippen molar-refractivity contribution >= 4 is 21.6 Å². The van der Waals surface area contributed by atoms with E-state index < -0.39 is 10.0 Å². The van der Waals surface area contributed by atoms with Crippen molar-refractivity contribution < 1.29 is 17.9 Å². The summed E-state index contributed by atoms with van der Waals surface area (Å²) in [5.74, 6) is 0.466. The maximum absolute atomic E-state index is 12.9. The van der Waals surface area contributed by atoms with Gasteiger partial charge in [0.25, 0.3) is 15.9 Å². The molecule has 6 nitrogen and oxygen atoms in total. The highest BCUT2D eigenvalue weighted by molar-refractivity contribution is 7.92. The molecule has 1 atom stereocenters. The molecule has 1 aliphatic rings. The number of carbonyl (C=O) groups excluding carboxylic acids is 1. The Morgan fingerprint density at radius 3 is 2.33 bits per heavy atom. The van der Waals surface area contributed by atoms with Crippen LogP contribution < -0.4 is 9.04 Å². The van der Waals surface area contributed by atoms with Crippen LogP contribution in [0.3, 0.4) is 0 Å². The topological polar surface area (TPSA) is 66.9 Å². The molecule has 0 aromatic heterocycles. The summed E-state index contributed by atoms with van der Waals surface area (Å²) in [5, 5.41) is 0. The second kappa shape index (κ2) is 9.67. The lowest BCUT2D eigenvalue weighted by Crippen LogP contribution is -2.34. The van der Waals surface area contributed by atoms with Gasteiger partial charge in [0.1, 0.15) is 5.75 Å². The molecule has 0 aliphatic carbocycles. The van der Waals surface area contributed by atoms with E-state index in [1.807, 2.05) is 30.0 Å². The first-order valence-electron chi connectivity index (χ1n) is 11.0. The molecule has 172 valence electrons. The number of anilines is 1. The molecular weight excluding hydrogens is 436 g/mol. The van der Waals surface area contributed by atoms with Crippen molar-refractivity contribution in [2.24, 2.45) is 0 Å². The molecule has 1 saturated heterocycles. The van der Waals surface area contributed by atoms with Gasteiger partial charge in [0.2, 0.25) is 0 Å². The van der Waals surface area contributed by atoms with Gasteiger partial charge in [-0.3, -0.25) is 9.10 Å². The Morgan fingerprint density at radius 1 is 1.00 bits per heavy atom. The number of aryl methyl sites for hydroxylation is 1. The lowest BCUT2D eigenvalue weighted by molar-refractivity contribution is -0.134. The highest BCUT2D eigenvalue weighted by Crippen LogP contribution is 2.32. The van der Waals surface area contributed by atoms with Gasteiger partial charge in [0, 0.05) is 13.6 Å². The smallest absolute Gasteiger partial charge is 0.264 e. The van der Waals surface area contributed by atoms with Gasteiger partial charge in [-0.1, -0.05) is 48.0 Å². The summed E-state index contributed by atoms with van der Waals surface area (Å²) in [4.78, 5) is 14.9. The van der Waals surface area contributed by atoms with Crippen molar-refractivity contribution in [3.05, 3.63) is 90.0 Å². The molecule has 0 spiro atoms. The minimum atomic E-state index is -3.66. The van der Waals surface area contributed by atoms with Crippen LogP contribution >= 0.6 is 0 Å². The number of likely N-dealkylation sites (tertiary alicyclic amines) is 1. The molecular formula is C26H28N2O4S. The molecule has 1 amide bonds. The lowest BCUT2D eigenvalue weighted by atomic mass is 10.0. The first-order chi connectivity index (χ1) is 15.9. The SMILES string of the molecule is Cc1ccc(S(=O)(=O)N(C)c2ccc(OCC(=O)N3CCCC3c3ccccc3)cc2)cc1. The first kappa shape index (κ1) is 22.9. The van der Waals surface area contributed by atoms with E-state index in [9.17, 15) is 13.2 Å². The van der Waals surface area contributed by atoms with Crippen LogP contribution in [0.5, 0.6) is 5.75 Å². The molecule has 0 saturated carbocycles. The Labute approximate surface area is 195 Å². The van der Waals surface area contributed by atoms with Gasteiger partial charge in [0.05, 0.1) is 16.6 Å². The molecule has 4 rings (SSSR count). The highest BCUT2D eigenvalue weighted by Gasteiger charge is 2.30. The van der Waals surface area contributed by atoms with E-state index in [2.05, 4.69) is 12.1 Å². The summed E-state index contributed by atoms with van der Waals surface area (Å²) in [7, 11) is -2.14. The monoisotopic (exact) mass is 464 g/mol. The van der Waals surface area contributed by atoms with E-state index in [1.54, 1.807) is 48.5 Å². The fraction of sp³-hybridized carbons (Fsp3) is 0.269. The van der Waals surface area contributed by atoms with Crippen LogP contribution in [0.15, 0.2) is 83.8 Å². The third-order valence-corrected chi connectivity index (χ3v) is 7.80. The number of amides is 1. The van der Waals surface area contributed by atoms with Gasteiger partial charge in [-0.25, -0.2) is 8.42 Å². The van der Waals surface area contributed by atoms with Gasteiger partial charge >= 0.3 is 0 Å². The number of sulfonamides is 1. The molecule has 1 heterocycles. The van der Waals surface area contributed by atoms with Crippen molar-refractivity contribution in [2.75, 3.05) is 24.5 Å². The molecule has 1 aliphatic heterocycles. The van der Waals surface area contributed by atoms with Crippen LogP contribution in [-0.2, 0) is 14.8 Å². The zero-order chi connectivity index (χ0) is 23.4. The zero-order valence-corrected chi connectivity index (χ0v) is 19.7. The van der Waals surface area contributed by atoms with E-state index in [4.69, 9.17) is 4.74 Å². The van der Waals surface area contributed by atoms with Gasteiger partial charge < -0.3 is 9.64 Å². The largest absolute Gasteiger partial charge is 0.484 e. The van der Waals surface area contributed by atoms with E-state index in [0.717, 1.165) is 30.5 Å². The Morgan fingerprint density at radius 2 is 1.67 bits per heavy atom. The maximum atomic E-state index is 12.9. The number of ether oxygens (including phenoxy) is 1. The van der Waals surface area contributed by atoms with E-state index >= 15 is 0 Å². The number of hydrogen-bond donors (Lipinski definition) is 0. The summed E-state index contributed by atoms with van der Waals surface area (Å²) >= 11 is 0.